The molecule has 132 valence electrons. The lowest BCUT2D eigenvalue weighted by Gasteiger charge is -2.38. The molecule has 2 aliphatic heterocycles. The number of benzene rings is 1. The maximum atomic E-state index is 13.4. The summed E-state index contributed by atoms with van der Waals surface area (Å²) in [6, 6.07) is 5.68. The van der Waals surface area contributed by atoms with Crippen molar-refractivity contribution in [2.45, 2.75) is 18.9 Å². The number of halogens is 1. The number of hydrogen-bond donors (Lipinski definition) is 0. The molecule has 0 N–H and O–H groups in total. The van der Waals surface area contributed by atoms with Crippen LogP contribution < -0.4 is 4.31 Å². The maximum absolute atomic E-state index is 13.4. The average Bonchev–Trinajstić information content (AvgIpc) is 2.98. The first-order valence-electron chi connectivity index (χ1n) is 8.10. The van der Waals surface area contributed by atoms with Crippen molar-refractivity contribution in [2.75, 3.05) is 43.3 Å². The molecule has 0 radical (unpaired) electrons. The summed E-state index contributed by atoms with van der Waals surface area (Å²) in [4.78, 5) is 16.7. The summed E-state index contributed by atoms with van der Waals surface area (Å²) in [6.45, 7) is 2.85. The van der Waals surface area contributed by atoms with Gasteiger partial charge in [-0.25, -0.2) is 12.8 Å². The van der Waals surface area contributed by atoms with Crippen LogP contribution in [-0.4, -0.2) is 69.1 Å². The van der Waals surface area contributed by atoms with E-state index in [1.165, 1.54) is 18.2 Å². The fraction of sp³-hybridized carbons (Fsp3) is 0.562. The Bertz CT molecular complexity index is 725. The molecule has 1 aromatic carbocycles. The van der Waals surface area contributed by atoms with Crippen LogP contribution in [0.2, 0.25) is 0 Å². The van der Waals surface area contributed by atoms with Crippen LogP contribution in [0, 0.1) is 5.82 Å². The topological polar surface area (TPSA) is 60.9 Å². The summed E-state index contributed by atoms with van der Waals surface area (Å²) in [6.07, 6.45) is 3.25. The summed E-state index contributed by atoms with van der Waals surface area (Å²) in [5.74, 6) is -0.774. The third-order valence-electron chi connectivity index (χ3n) is 4.72. The number of rotatable bonds is 4. The Hall–Kier alpha value is -1.67. The predicted molar refractivity (Wildman–Crippen MR) is 89.8 cm³/mol. The van der Waals surface area contributed by atoms with Gasteiger partial charge in [0.05, 0.1) is 11.9 Å². The molecular weight excluding hydrogens is 333 g/mol. The minimum absolute atomic E-state index is 0.172. The summed E-state index contributed by atoms with van der Waals surface area (Å²) in [5.41, 5.74) is 0.172. The van der Waals surface area contributed by atoms with Crippen LogP contribution in [0.1, 0.15) is 12.8 Å². The molecule has 3 rings (SSSR count). The monoisotopic (exact) mass is 355 g/mol. The lowest BCUT2D eigenvalue weighted by Crippen LogP contribution is -2.54. The highest BCUT2D eigenvalue weighted by molar-refractivity contribution is 7.92. The van der Waals surface area contributed by atoms with Gasteiger partial charge in [0.1, 0.15) is 12.4 Å². The van der Waals surface area contributed by atoms with Crippen molar-refractivity contribution >= 4 is 21.6 Å². The number of carbonyl (C=O) groups excluding carboxylic acids is 1. The predicted octanol–water partition coefficient (Wildman–Crippen LogP) is 0.898. The minimum atomic E-state index is -3.68. The van der Waals surface area contributed by atoms with Gasteiger partial charge in [-0.3, -0.25) is 14.0 Å². The van der Waals surface area contributed by atoms with E-state index in [2.05, 4.69) is 4.90 Å². The highest BCUT2D eigenvalue weighted by atomic mass is 32.2. The molecule has 1 amide bonds. The van der Waals surface area contributed by atoms with Crippen LogP contribution in [0.4, 0.5) is 10.1 Å². The van der Waals surface area contributed by atoms with Gasteiger partial charge >= 0.3 is 0 Å². The Kier molecular flexibility index (Phi) is 4.78. The molecule has 1 aromatic rings. The van der Waals surface area contributed by atoms with E-state index in [4.69, 9.17) is 0 Å². The standard InChI is InChI=1S/C16H22FN3O3S/c1-24(22,23)20(14-5-2-4-13(17)10-14)12-16(21)19-9-8-18-7-3-6-15(18)11-19/h2,4-5,10,15H,3,6-9,11-12H2,1H3. The van der Waals surface area contributed by atoms with Crippen LogP contribution in [0.5, 0.6) is 0 Å². The quantitative estimate of drug-likeness (QED) is 0.805. The fourth-order valence-corrected chi connectivity index (χ4v) is 4.31. The maximum Gasteiger partial charge on any atom is 0.243 e. The second-order valence-corrected chi connectivity index (χ2v) is 8.33. The lowest BCUT2D eigenvalue weighted by atomic mass is 10.1. The SMILES string of the molecule is CS(=O)(=O)N(CC(=O)N1CCN2CCCC2C1)c1cccc(F)c1. The first-order chi connectivity index (χ1) is 11.3. The highest BCUT2D eigenvalue weighted by Gasteiger charge is 2.33. The largest absolute Gasteiger partial charge is 0.338 e. The second kappa shape index (κ2) is 6.68. The van der Waals surface area contributed by atoms with Gasteiger partial charge in [-0.05, 0) is 37.6 Å². The molecule has 0 aromatic heterocycles. The molecule has 24 heavy (non-hydrogen) atoms. The molecule has 0 aliphatic carbocycles. The minimum Gasteiger partial charge on any atom is -0.338 e. The molecule has 2 aliphatic rings. The van der Waals surface area contributed by atoms with Gasteiger partial charge in [0.25, 0.3) is 0 Å². The summed E-state index contributed by atoms with van der Waals surface area (Å²) >= 11 is 0. The summed E-state index contributed by atoms with van der Waals surface area (Å²) < 4.78 is 38.5. The van der Waals surface area contributed by atoms with Crippen molar-refractivity contribution in [3.05, 3.63) is 30.1 Å². The highest BCUT2D eigenvalue weighted by Crippen LogP contribution is 2.23. The normalized spacial score (nSPS) is 21.6. The van der Waals surface area contributed by atoms with Gasteiger partial charge < -0.3 is 4.90 Å². The van der Waals surface area contributed by atoms with Crippen LogP contribution in [0.3, 0.4) is 0 Å². The van der Waals surface area contributed by atoms with E-state index < -0.39 is 15.8 Å². The Labute approximate surface area is 141 Å². The van der Waals surface area contributed by atoms with Crippen molar-refractivity contribution in [1.29, 1.82) is 0 Å². The van der Waals surface area contributed by atoms with Gasteiger partial charge in [0.15, 0.2) is 0 Å². The Morgan fingerprint density at radius 2 is 2.12 bits per heavy atom. The van der Waals surface area contributed by atoms with E-state index in [-0.39, 0.29) is 18.1 Å². The molecule has 0 bridgehead atoms. The zero-order valence-electron chi connectivity index (χ0n) is 13.7. The van der Waals surface area contributed by atoms with E-state index in [0.29, 0.717) is 19.1 Å². The molecule has 0 saturated carbocycles. The smallest absolute Gasteiger partial charge is 0.243 e. The number of nitrogens with zero attached hydrogens (tertiary/aromatic N) is 3. The van der Waals surface area contributed by atoms with Crippen molar-refractivity contribution in [2.24, 2.45) is 0 Å². The van der Waals surface area contributed by atoms with E-state index in [1.54, 1.807) is 4.90 Å². The summed E-state index contributed by atoms with van der Waals surface area (Å²) in [7, 11) is -3.68. The van der Waals surface area contributed by atoms with Gasteiger partial charge in [0.2, 0.25) is 15.9 Å². The zero-order valence-corrected chi connectivity index (χ0v) is 14.5. The number of hydrogen-bond acceptors (Lipinski definition) is 4. The van der Waals surface area contributed by atoms with Crippen molar-refractivity contribution in [3.8, 4) is 0 Å². The number of anilines is 1. The molecule has 2 heterocycles. The Morgan fingerprint density at radius 3 is 2.83 bits per heavy atom. The molecule has 1 unspecified atom stereocenters. The molecular formula is C16H22FN3O3S. The van der Waals surface area contributed by atoms with Crippen molar-refractivity contribution in [3.63, 3.8) is 0 Å². The third kappa shape index (κ3) is 3.70. The second-order valence-electron chi connectivity index (χ2n) is 6.42. The number of sulfonamides is 1. The number of carbonyl (C=O) groups is 1. The summed E-state index contributed by atoms with van der Waals surface area (Å²) in [5, 5.41) is 0. The zero-order chi connectivity index (χ0) is 17.3. The Balaban J connectivity index is 1.74. The van der Waals surface area contributed by atoms with E-state index in [1.807, 2.05) is 0 Å². The molecule has 6 nitrogen and oxygen atoms in total. The molecule has 2 saturated heterocycles. The van der Waals surface area contributed by atoms with Crippen LogP contribution in [-0.2, 0) is 14.8 Å². The van der Waals surface area contributed by atoms with Crippen LogP contribution >= 0.6 is 0 Å². The lowest BCUT2D eigenvalue weighted by molar-refractivity contribution is -0.132. The number of piperazine rings is 1. The van der Waals surface area contributed by atoms with Gasteiger partial charge in [0, 0.05) is 25.7 Å². The number of fused-ring (bicyclic) bond motifs is 1. The van der Waals surface area contributed by atoms with Gasteiger partial charge in [-0.15, -0.1) is 0 Å². The van der Waals surface area contributed by atoms with Crippen LogP contribution in [0.15, 0.2) is 24.3 Å². The number of amides is 1. The van der Waals surface area contributed by atoms with Gasteiger partial charge in [-0.2, -0.15) is 0 Å². The van der Waals surface area contributed by atoms with Gasteiger partial charge in [-0.1, -0.05) is 6.07 Å². The molecule has 2 fully saturated rings. The average molecular weight is 355 g/mol. The third-order valence-corrected chi connectivity index (χ3v) is 5.86. The fourth-order valence-electron chi connectivity index (χ4n) is 3.47. The van der Waals surface area contributed by atoms with E-state index in [0.717, 1.165) is 42.6 Å². The Morgan fingerprint density at radius 1 is 1.33 bits per heavy atom. The van der Waals surface area contributed by atoms with Crippen molar-refractivity contribution < 1.29 is 17.6 Å². The molecule has 8 heteroatoms. The first-order valence-corrected chi connectivity index (χ1v) is 9.94. The van der Waals surface area contributed by atoms with E-state index >= 15 is 0 Å². The molecule has 0 spiro atoms. The van der Waals surface area contributed by atoms with Crippen molar-refractivity contribution in [1.82, 2.24) is 9.80 Å². The first kappa shape index (κ1) is 17.2. The van der Waals surface area contributed by atoms with Crippen LogP contribution in [0.25, 0.3) is 0 Å². The van der Waals surface area contributed by atoms with E-state index in [9.17, 15) is 17.6 Å². The molecule has 1 atom stereocenters.